The highest BCUT2D eigenvalue weighted by Crippen LogP contribution is 2.09. The van der Waals surface area contributed by atoms with Crippen molar-refractivity contribution in [3.63, 3.8) is 0 Å². The van der Waals surface area contributed by atoms with Gasteiger partial charge < -0.3 is 4.90 Å². The van der Waals surface area contributed by atoms with E-state index in [2.05, 4.69) is 6.07 Å². The van der Waals surface area contributed by atoms with Gasteiger partial charge in [-0.3, -0.25) is 9.69 Å². The molecule has 4 heteroatoms. The summed E-state index contributed by atoms with van der Waals surface area (Å²) < 4.78 is 0. The number of nitriles is 1. The fourth-order valence-electron chi connectivity index (χ4n) is 1.79. The molecule has 0 N–H and O–H groups in total. The maximum Gasteiger partial charge on any atom is 0.223 e. The predicted octanol–water partition coefficient (Wildman–Crippen LogP) is 0.844. The molecule has 0 aromatic carbocycles. The lowest BCUT2D eigenvalue weighted by Gasteiger charge is -2.27. The number of hydrogen-bond acceptors (Lipinski definition) is 3. The molecule has 0 aliphatic carbocycles. The van der Waals surface area contributed by atoms with Crippen molar-refractivity contribution in [2.45, 2.75) is 25.7 Å². The molecule has 0 aromatic rings. The monoisotopic (exact) mass is 209 g/mol. The summed E-state index contributed by atoms with van der Waals surface area (Å²) in [6.07, 6.45) is 4.07. The van der Waals surface area contributed by atoms with E-state index < -0.39 is 0 Å². The zero-order valence-corrected chi connectivity index (χ0v) is 9.41. The summed E-state index contributed by atoms with van der Waals surface area (Å²) in [4.78, 5) is 15.5. The summed E-state index contributed by atoms with van der Waals surface area (Å²) in [5.41, 5.74) is 0. The lowest BCUT2D eigenvalue weighted by atomic mass is 10.1. The van der Waals surface area contributed by atoms with Crippen LogP contribution in [-0.4, -0.2) is 48.9 Å². The molecule has 0 unspecified atom stereocenters. The first kappa shape index (κ1) is 12.0. The number of likely N-dealkylation sites (tertiary alicyclic amines) is 1. The van der Waals surface area contributed by atoms with Crippen LogP contribution in [0.3, 0.4) is 0 Å². The molecule has 0 saturated carbocycles. The highest BCUT2D eigenvalue weighted by Gasteiger charge is 2.16. The van der Waals surface area contributed by atoms with Crippen molar-refractivity contribution in [2.75, 3.05) is 33.2 Å². The second-order valence-corrected chi connectivity index (χ2v) is 4.09. The van der Waals surface area contributed by atoms with Crippen molar-refractivity contribution in [3.05, 3.63) is 0 Å². The van der Waals surface area contributed by atoms with Gasteiger partial charge in [0.15, 0.2) is 0 Å². The molecule has 1 amide bonds. The Morgan fingerprint density at radius 3 is 2.67 bits per heavy atom. The van der Waals surface area contributed by atoms with E-state index in [1.165, 1.54) is 6.42 Å². The molecule has 15 heavy (non-hydrogen) atoms. The third kappa shape index (κ3) is 4.30. The summed E-state index contributed by atoms with van der Waals surface area (Å²) in [6, 6.07) is 2.07. The molecule has 1 aliphatic heterocycles. The molecule has 4 nitrogen and oxygen atoms in total. The summed E-state index contributed by atoms with van der Waals surface area (Å²) in [7, 11) is 1.87. The topological polar surface area (TPSA) is 47.3 Å². The summed E-state index contributed by atoms with van der Waals surface area (Å²) in [6.45, 7) is 2.91. The van der Waals surface area contributed by atoms with E-state index in [1.54, 1.807) is 0 Å². The Hall–Kier alpha value is -1.08. The molecule has 0 radical (unpaired) electrons. The summed E-state index contributed by atoms with van der Waals surface area (Å²) >= 11 is 0. The first-order valence-electron chi connectivity index (χ1n) is 5.57. The number of carbonyl (C=O) groups is 1. The number of nitrogens with zero attached hydrogens (tertiary/aromatic N) is 3. The molecular formula is C11H19N3O. The average molecular weight is 209 g/mol. The fraction of sp³-hybridized carbons (Fsp3) is 0.818. The lowest BCUT2D eigenvalue weighted by molar-refractivity contribution is -0.132. The van der Waals surface area contributed by atoms with Crippen LogP contribution in [0.25, 0.3) is 0 Å². The third-order valence-corrected chi connectivity index (χ3v) is 2.76. The molecule has 0 bridgehead atoms. The first-order valence-corrected chi connectivity index (χ1v) is 5.57. The summed E-state index contributed by atoms with van der Waals surface area (Å²) in [5, 5.41) is 8.46. The Kier molecular flexibility index (Phi) is 5.13. The maximum atomic E-state index is 11.7. The van der Waals surface area contributed by atoms with Gasteiger partial charge in [0.1, 0.15) is 0 Å². The first-order chi connectivity index (χ1) is 7.24. The van der Waals surface area contributed by atoms with Crippen LogP contribution >= 0.6 is 0 Å². The van der Waals surface area contributed by atoms with Gasteiger partial charge in [-0.15, -0.1) is 0 Å². The van der Waals surface area contributed by atoms with Crippen LogP contribution in [0.1, 0.15) is 25.7 Å². The number of hydrogen-bond donors (Lipinski definition) is 0. The van der Waals surface area contributed by atoms with Crippen LogP contribution in [0.15, 0.2) is 0 Å². The van der Waals surface area contributed by atoms with Gasteiger partial charge in [0.25, 0.3) is 0 Å². The molecule has 1 rings (SSSR count). The van der Waals surface area contributed by atoms with Crippen molar-refractivity contribution in [2.24, 2.45) is 0 Å². The lowest BCUT2D eigenvalue weighted by Crippen LogP contribution is -2.37. The van der Waals surface area contributed by atoms with E-state index in [-0.39, 0.29) is 5.91 Å². The van der Waals surface area contributed by atoms with Gasteiger partial charge in [-0.25, -0.2) is 0 Å². The number of rotatable bonds is 4. The van der Waals surface area contributed by atoms with Gasteiger partial charge >= 0.3 is 0 Å². The minimum Gasteiger partial charge on any atom is -0.343 e. The number of piperidine rings is 1. The van der Waals surface area contributed by atoms with Crippen molar-refractivity contribution in [3.8, 4) is 6.07 Å². The van der Waals surface area contributed by atoms with Crippen LogP contribution in [0.4, 0.5) is 0 Å². The second kappa shape index (κ2) is 6.41. The van der Waals surface area contributed by atoms with E-state index in [1.807, 2.05) is 16.8 Å². The normalized spacial score (nSPS) is 16.5. The summed E-state index contributed by atoms with van der Waals surface area (Å²) in [5.74, 6) is 0.236. The largest absolute Gasteiger partial charge is 0.343 e. The van der Waals surface area contributed by atoms with E-state index in [0.29, 0.717) is 19.5 Å². The Balaban J connectivity index is 2.20. The standard InChI is InChI=1S/C11H19N3O/c1-13(10-6-12)9-5-11(15)14-7-3-2-4-8-14/h2-5,7-10H2,1H3. The van der Waals surface area contributed by atoms with Crippen molar-refractivity contribution in [1.82, 2.24) is 9.80 Å². The molecule has 0 aromatic heterocycles. The van der Waals surface area contributed by atoms with Gasteiger partial charge in [-0.2, -0.15) is 5.26 Å². The van der Waals surface area contributed by atoms with Crippen LogP contribution in [0.2, 0.25) is 0 Å². The van der Waals surface area contributed by atoms with Gasteiger partial charge in [-0.05, 0) is 26.3 Å². The predicted molar refractivity (Wildman–Crippen MR) is 58.2 cm³/mol. The van der Waals surface area contributed by atoms with Crippen LogP contribution in [-0.2, 0) is 4.79 Å². The molecule has 0 atom stereocenters. The highest BCUT2D eigenvalue weighted by atomic mass is 16.2. The molecule has 1 saturated heterocycles. The number of amides is 1. The Morgan fingerprint density at radius 2 is 2.07 bits per heavy atom. The van der Waals surface area contributed by atoms with Gasteiger partial charge in [0.05, 0.1) is 12.6 Å². The van der Waals surface area contributed by atoms with Crippen LogP contribution in [0.5, 0.6) is 0 Å². The zero-order chi connectivity index (χ0) is 11.1. The van der Waals surface area contributed by atoms with Crippen LogP contribution in [0, 0.1) is 11.3 Å². The second-order valence-electron chi connectivity index (χ2n) is 4.09. The van der Waals surface area contributed by atoms with Gasteiger partial charge in [0, 0.05) is 26.1 Å². The van der Waals surface area contributed by atoms with Crippen molar-refractivity contribution in [1.29, 1.82) is 5.26 Å². The Labute approximate surface area is 91.5 Å². The zero-order valence-electron chi connectivity index (χ0n) is 9.41. The average Bonchev–Trinajstić information content (AvgIpc) is 2.27. The minimum absolute atomic E-state index is 0.236. The van der Waals surface area contributed by atoms with Gasteiger partial charge in [0.2, 0.25) is 5.91 Å². The molecule has 1 heterocycles. The Morgan fingerprint density at radius 1 is 1.40 bits per heavy atom. The molecule has 1 aliphatic rings. The van der Waals surface area contributed by atoms with E-state index in [0.717, 1.165) is 25.9 Å². The van der Waals surface area contributed by atoms with E-state index in [4.69, 9.17) is 5.26 Å². The molecule has 84 valence electrons. The van der Waals surface area contributed by atoms with Crippen molar-refractivity contribution >= 4 is 5.91 Å². The van der Waals surface area contributed by atoms with E-state index >= 15 is 0 Å². The third-order valence-electron chi connectivity index (χ3n) is 2.76. The maximum absolute atomic E-state index is 11.7. The Bertz CT molecular complexity index is 241. The smallest absolute Gasteiger partial charge is 0.223 e. The number of carbonyl (C=O) groups excluding carboxylic acids is 1. The van der Waals surface area contributed by atoms with Gasteiger partial charge in [-0.1, -0.05) is 0 Å². The SMILES string of the molecule is CN(CC#N)CCC(=O)N1CCCCC1. The molecular weight excluding hydrogens is 190 g/mol. The minimum atomic E-state index is 0.236. The van der Waals surface area contributed by atoms with Crippen LogP contribution < -0.4 is 0 Å². The van der Waals surface area contributed by atoms with E-state index in [9.17, 15) is 4.79 Å². The highest BCUT2D eigenvalue weighted by molar-refractivity contribution is 5.76. The fourth-order valence-corrected chi connectivity index (χ4v) is 1.79. The molecule has 0 spiro atoms. The van der Waals surface area contributed by atoms with Crippen molar-refractivity contribution < 1.29 is 4.79 Å². The quantitative estimate of drug-likeness (QED) is 0.645. The molecule has 1 fully saturated rings.